The summed E-state index contributed by atoms with van der Waals surface area (Å²) in [5, 5.41) is 10.8. The number of nitrogens with one attached hydrogen (secondary N) is 2. The van der Waals surface area contributed by atoms with Gasteiger partial charge in [-0.05, 0) is 19.4 Å². The summed E-state index contributed by atoms with van der Waals surface area (Å²) in [6, 6.07) is 0. The fourth-order valence-corrected chi connectivity index (χ4v) is 2.30. The Labute approximate surface area is 109 Å². The van der Waals surface area contributed by atoms with Crippen molar-refractivity contribution in [1.29, 1.82) is 0 Å². The number of hydrogen-bond donors (Lipinski definition) is 2. The molecule has 0 amide bonds. The van der Waals surface area contributed by atoms with Crippen molar-refractivity contribution < 1.29 is 0 Å². The van der Waals surface area contributed by atoms with Crippen LogP contribution in [-0.2, 0) is 6.42 Å². The number of anilines is 1. The lowest BCUT2D eigenvalue weighted by atomic mass is 10.1. The average molecular weight is 251 g/mol. The van der Waals surface area contributed by atoms with Crippen LogP contribution in [0.15, 0.2) is 0 Å². The molecule has 0 atom stereocenters. The Kier molecular flexibility index (Phi) is 5.45. The van der Waals surface area contributed by atoms with Crippen LogP contribution in [-0.4, -0.2) is 41.4 Å². The first-order valence-electron chi connectivity index (χ1n) is 7.27. The molecule has 5 nitrogen and oxygen atoms in total. The number of nitrogens with zero attached hydrogens (tertiary/aromatic N) is 3. The molecule has 102 valence electrons. The van der Waals surface area contributed by atoms with Gasteiger partial charge in [0.15, 0.2) is 0 Å². The van der Waals surface area contributed by atoms with Crippen molar-refractivity contribution in [2.24, 2.45) is 0 Å². The van der Waals surface area contributed by atoms with E-state index in [9.17, 15) is 0 Å². The van der Waals surface area contributed by atoms with Crippen LogP contribution in [0.3, 0.4) is 0 Å². The zero-order valence-electron chi connectivity index (χ0n) is 11.4. The Morgan fingerprint density at radius 3 is 3.00 bits per heavy atom. The molecule has 1 saturated heterocycles. The summed E-state index contributed by atoms with van der Waals surface area (Å²) in [5.41, 5.74) is 0. The number of aryl methyl sites for hydroxylation is 1. The third-order valence-electron chi connectivity index (χ3n) is 3.41. The molecule has 2 N–H and O–H groups in total. The van der Waals surface area contributed by atoms with Gasteiger partial charge < -0.3 is 10.2 Å². The molecule has 1 fully saturated rings. The third-order valence-corrected chi connectivity index (χ3v) is 3.41. The molecule has 0 unspecified atom stereocenters. The maximum Gasteiger partial charge on any atom is 0.244 e. The van der Waals surface area contributed by atoms with Crippen molar-refractivity contribution in [2.75, 3.05) is 31.1 Å². The molecule has 1 aromatic rings. The standard InChI is InChI=1S/C13H25N5/c1-2-3-4-5-7-12-15-13(17-16-12)18-10-6-8-14-9-11-18/h14H,2-11H2,1H3,(H,15,16,17). The van der Waals surface area contributed by atoms with Gasteiger partial charge in [0.25, 0.3) is 0 Å². The topological polar surface area (TPSA) is 56.8 Å². The highest BCUT2D eigenvalue weighted by molar-refractivity contribution is 5.28. The Balaban J connectivity index is 1.81. The smallest absolute Gasteiger partial charge is 0.244 e. The first kappa shape index (κ1) is 13.3. The molecule has 2 rings (SSSR count). The molecule has 0 saturated carbocycles. The quantitative estimate of drug-likeness (QED) is 0.756. The summed E-state index contributed by atoms with van der Waals surface area (Å²) in [4.78, 5) is 6.87. The second-order valence-corrected chi connectivity index (χ2v) is 4.98. The number of H-pyrrole nitrogens is 1. The van der Waals surface area contributed by atoms with Gasteiger partial charge in [0, 0.05) is 26.1 Å². The highest BCUT2D eigenvalue weighted by Gasteiger charge is 2.13. The molecule has 1 aromatic heterocycles. The number of aromatic nitrogens is 3. The van der Waals surface area contributed by atoms with E-state index in [-0.39, 0.29) is 0 Å². The second-order valence-electron chi connectivity index (χ2n) is 4.98. The van der Waals surface area contributed by atoms with Crippen molar-refractivity contribution in [3.8, 4) is 0 Å². The average Bonchev–Trinajstić information content (AvgIpc) is 2.69. The van der Waals surface area contributed by atoms with Crippen molar-refractivity contribution in [3.63, 3.8) is 0 Å². The second kappa shape index (κ2) is 7.36. The first-order chi connectivity index (χ1) is 8.90. The Morgan fingerprint density at radius 2 is 2.11 bits per heavy atom. The fourth-order valence-electron chi connectivity index (χ4n) is 2.30. The molecule has 1 aliphatic heterocycles. The third kappa shape index (κ3) is 3.98. The normalized spacial score (nSPS) is 16.8. The van der Waals surface area contributed by atoms with Crippen molar-refractivity contribution in [3.05, 3.63) is 5.82 Å². The Bertz CT molecular complexity index is 328. The lowest BCUT2D eigenvalue weighted by molar-refractivity contribution is 0.653. The summed E-state index contributed by atoms with van der Waals surface area (Å²) >= 11 is 0. The minimum atomic E-state index is 0.879. The summed E-state index contributed by atoms with van der Waals surface area (Å²) in [7, 11) is 0. The van der Waals surface area contributed by atoms with Gasteiger partial charge in [0.05, 0.1) is 0 Å². The highest BCUT2D eigenvalue weighted by Crippen LogP contribution is 2.10. The summed E-state index contributed by atoms with van der Waals surface area (Å²) in [6.45, 7) is 6.43. The van der Waals surface area contributed by atoms with Crippen LogP contribution in [0.5, 0.6) is 0 Å². The van der Waals surface area contributed by atoms with Gasteiger partial charge in [-0.3, -0.25) is 5.10 Å². The molecular formula is C13H25N5. The van der Waals surface area contributed by atoms with E-state index in [1.54, 1.807) is 0 Å². The van der Waals surface area contributed by atoms with Gasteiger partial charge in [-0.2, -0.15) is 4.98 Å². The zero-order chi connectivity index (χ0) is 12.6. The first-order valence-corrected chi connectivity index (χ1v) is 7.27. The highest BCUT2D eigenvalue weighted by atomic mass is 15.4. The molecule has 0 radical (unpaired) electrons. The van der Waals surface area contributed by atoms with Gasteiger partial charge in [-0.25, -0.2) is 0 Å². The van der Waals surface area contributed by atoms with E-state index < -0.39 is 0 Å². The maximum atomic E-state index is 4.60. The van der Waals surface area contributed by atoms with Crippen LogP contribution in [0.25, 0.3) is 0 Å². The van der Waals surface area contributed by atoms with Gasteiger partial charge in [0.2, 0.25) is 5.95 Å². The van der Waals surface area contributed by atoms with E-state index in [1.807, 2.05) is 0 Å². The van der Waals surface area contributed by atoms with Crippen LogP contribution >= 0.6 is 0 Å². The number of rotatable bonds is 6. The van der Waals surface area contributed by atoms with E-state index in [4.69, 9.17) is 0 Å². The Hall–Kier alpha value is -1.10. The predicted octanol–water partition coefficient (Wildman–Crippen LogP) is 1.73. The van der Waals surface area contributed by atoms with E-state index in [1.165, 1.54) is 32.1 Å². The van der Waals surface area contributed by atoms with Crippen LogP contribution in [0.2, 0.25) is 0 Å². The van der Waals surface area contributed by atoms with E-state index >= 15 is 0 Å². The summed E-state index contributed by atoms with van der Waals surface area (Å²) in [6.07, 6.45) is 7.30. The van der Waals surface area contributed by atoms with Crippen molar-refractivity contribution in [2.45, 2.75) is 45.4 Å². The van der Waals surface area contributed by atoms with Gasteiger partial charge in [-0.1, -0.05) is 26.2 Å². The summed E-state index contributed by atoms with van der Waals surface area (Å²) < 4.78 is 0. The maximum absolute atomic E-state index is 4.60. The van der Waals surface area contributed by atoms with E-state index in [0.717, 1.165) is 44.4 Å². The van der Waals surface area contributed by atoms with Crippen molar-refractivity contribution in [1.82, 2.24) is 20.5 Å². The molecule has 0 spiro atoms. The van der Waals surface area contributed by atoms with Gasteiger partial charge >= 0.3 is 0 Å². The number of unbranched alkanes of at least 4 members (excludes halogenated alkanes) is 3. The molecule has 2 heterocycles. The molecular weight excluding hydrogens is 226 g/mol. The minimum Gasteiger partial charge on any atom is -0.338 e. The number of hydrogen-bond acceptors (Lipinski definition) is 4. The minimum absolute atomic E-state index is 0.879. The Morgan fingerprint density at radius 1 is 1.17 bits per heavy atom. The largest absolute Gasteiger partial charge is 0.338 e. The predicted molar refractivity (Wildman–Crippen MR) is 73.9 cm³/mol. The van der Waals surface area contributed by atoms with E-state index in [2.05, 4.69) is 32.3 Å². The molecule has 18 heavy (non-hydrogen) atoms. The molecule has 0 bridgehead atoms. The number of aromatic amines is 1. The fraction of sp³-hybridized carbons (Fsp3) is 0.846. The van der Waals surface area contributed by atoms with Gasteiger partial charge in [-0.15, -0.1) is 5.10 Å². The van der Waals surface area contributed by atoms with Crippen LogP contribution in [0, 0.1) is 0 Å². The van der Waals surface area contributed by atoms with Crippen LogP contribution < -0.4 is 10.2 Å². The molecule has 5 heteroatoms. The molecule has 0 aromatic carbocycles. The lowest BCUT2D eigenvalue weighted by Gasteiger charge is -2.16. The van der Waals surface area contributed by atoms with Crippen LogP contribution in [0.4, 0.5) is 5.95 Å². The van der Waals surface area contributed by atoms with Gasteiger partial charge in [0.1, 0.15) is 5.82 Å². The van der Waals surface area contributed by atoms with E-state index in [0.29, 0.717) is 0 Å². The van der Waals surface area contributed by atoms with Crippen LogP contribution in [0.1, 0.15) is 44.9 Å². The molecule has 1 aliphatic rings. The zero-order valence-corrected chi connectivity index (χ0v) is 11.4. The summed E-state index contributed by atoms with van der Waals surface area (Å²) in [5.74, 6) is 1.92. The monoisotopic (exact) mass is 251 g/mol. The SMILES string of the molecule is CCCCCCc1nc(N2CCCNCC2)n[nH]1. The molecule has 0 aliphatic carbocycles. The lowest BCUT2D eigenvalue weighted by Crippen LogP contribution is -2.28. The van der Waals surface area contributed by atoms with Crippen molar-refractivity contribution >= 4 is 5.95 Å².